The zero-order valence-electron chi connectivity index (χ0n) is 1.76. The number of hydrogen-bond donors (Lipinski definition) is 0. The van der Waals surface area contributed by atoms with Crippen LogP contribution in [0.25, 0.3) is 0 Å². The largest absolute Gasteiger partial charge is 1.00 e. The molecule has 0 bridgehead atoms. The maximum Gasteiger partial charge on any atom is 0 e. The Morgan fingerprint density at radius 2 is 0.750 bits per heavy atom. The molecule has 0 aliphatic carbocycles. The van der Waals surface area contributed by atoms with Gasteiger partial charge in [0, 0.05) is 25.8 Å². The van der Waals surface area contributed by atoms with E-state index in [4.69, 9.17) is 0 Å². The summed E-state index contributed by atoms with van der Waals surface area (Å²) in [7, 11) is 0. The third kappa shape index (κ3) is 8.85. The predicted octanol–water partition coefficient (Wildman–Crippen LogP) is -6.82. The molecule has 0 saturated carbocycles. The molecule has 2 N–H and O–H groups in total. The maximum absolute atomic E-state index is 0. The quantitative estimate of drug-likeness (QED) is 0.260. The summed E-state index contributed by atoms with van der Waals surface area (Å²) in [5, 5.41) is 0. The van der Waals surface area contributed by atoms with Gasteiger partial charge in [0.15, 0.2) is 0 Å². The average Bonchev–Trinajstić information content (AvgIpc) is 0. The monoisotopic (exact) mass is 452 g/mol. The Morgan fingerprint density at radius 1 is 0.750 bits per heavy atom. The first-order valence-corrected chi connectivity index (χ1v) is 0. The Bertz CT molecular complexity index is 6.00. The average molecular weight is 450 g/mol. The zero-order valence-corrected chi connectivity index (χ0v) is 9.66. The molecule has 0 aliphatic rings. The van der Waals surface area contributed by atoms with Crippen LogP contribution in [0.1, 0.15) is 0 Å². The van der Waals surface area contributed by atoms with Crippen LogP contribution in [0.2, 0.25) is 0 Å². The van der Waals surface area contributed by atoms with Gasteiger partial charge in [-0.15, -0.1) is 0 Å². The topological polar surface area (TPSA) is 31.5 Å². The molecular weight excluding hydrogens is 448 g/mol. The Kier molecular flexibility index (Phi) is 156. The van der Waals surface area contributed by atoms with Gasteiger partial charge in [0.2, 0.25) is 0 Å². The molecule has 4 heavy (non-hydrogen) atoms. The Morgan fingerprint density at radius 3 is 0.750 bits per heavy atom. The molecule has 0 heterocycles. The normalized spacial score (nSPS) is 0. The van der Waals surface area contributed by atoms with E-state index in [0.717, 1.165) is 0 Å². The minimum Gasteiger partial charge on any atom is -1.00 e. The SMILES string of the molecule is O.[Hf].[I-].[I-]. The van der Waals surface area contributed by atoms with E-state index in [1.54, 1.807) is 0 Å². The Labute approximate surface area is 78.0 Å². The molecule has 0 saturated heterocycles. The van der Waals surface area contributed by atoms with Gasteiger partial charge in [0.1, 0.15) is 0 Å². The predicted molar refractivity (Wildman–Crippen MR) is 3.61 cm³/mol. The van der Waals surface area contributed by atoms with Crippen molar-refractivity contribution in [1.82, 2.24) is 0 Å². The van der Waals surface area contributed by atoms with Crippen LogP contribution in [0.15, 0.2) is 0 Å². The van der Waals surface area contributed by atoms with Crippen molar-refractivity contribution >= 4 is 0 Å². The molecule has 1 nitrogen and oxygen atoms in total. The second-order valence-electron chi connectivity index (χ2n) is 0. The first-order valence-electron chi connectivity index (χ1n) is 0. The smallest absolute Gasteiger partial charge is 0 e. The molecule has 0 aromatic rings. The van der Waals surface area contributed by atoms with Crippen molar-refractivity contribution in [3.63, 3.8) is 0 Å². The van der Waals surface area contributed by atoms with Gasteiger partial charge in [-0.05, 0) is 0 Å². The van der Waals surface area contributed by atoms with Crippen LogP contribution in [-0.4, -0.2) is 5.48 Å². The van der Waals surface area contributed by atoms with Gasteiger partial charge in [-0.1, -0.05) is 0 Å². The van der Waals surface area contributed by atoms with Gasteiger partial charge >= 0.3 is 0 Å². The van der Waals surface area contributed by atoms with Gasteiger partial charge in [0.05, 0.1) is 0 Å². The van der Waals surface area contributed by atoms with Crippen LogP contribution in [0.4, 0.5) is 0 Å². The molecule has 4 heteroatoms. The van der Waals surface area contributed by atoms with Crippen molar-refractivity contribution in [2.24, 2.45) is 0 Å². The molecule has 0 unspecified atom stereocenters. The first-order chi connectivity index (χ1) is 0. The van der Waals surface area contributed by atoms with Crippen molar-refractivity contribution in [1.29, 1.82) is 0 Å². The number of hydrogen-bond acceptors (Lipinski definition) is 0. The summed E-state index contributed by atoms with van der Waals surface area (Å²) in [6, 6.07) is 0. The van der Waals surface area contributed by atoms with E-state index in [1.165, 1.54) is 0 Å². The summed E-state index contributed by atoms with van der Waals surface area (Å²) in [4.78, 5) is 0. The second kappa shape index (κ2) is 18.6. The van der Waals surface area contributed by atoms with Crippen molar-refractivity contribution < 1.29 is 79.3 Å². The third-order valence-electron chi connectivity index (χ3n) is 0. The minimum atomic E-state index is 0. The Balaban J connectivity index is 0. The molecule has 0 fully saturated rings. The van der Waals surface area contributed by atoms with E-state index < -0.39 is 0 Å². The second-order valence-corrected chi connectivity index (χ2v) is 0. The molecule has 0 rings (SSSR count). The van der Waals surface area contributed by atoms with E-state index in [-0.39, 0.29) is 79.3 Å². The minimum absolute atomic E-state index is 0. The van der Waals surface area contributed by atoms with Gasteiger partial charge in [-0.25, -0.2) is 0 Å². The van der Waals surface area contributed by atoms with Crippen LogP contribution < -0.4 is 48.0 Å². The summed E-state index contributed by atoms with van der Waals surface area (Å²) in [5.74, 6) is 0. The van der Waals surface area contributed by atoms with E-state index in [1.807, 2.05) is 0 Å². The molecule has 0 radical (unpaired) electrons. The van der Waals surface area contributed by atoms with Gasteiger partial charge < -0.3 is 53.4 Å². The van der Waals surface area contributed by atoms with Crippen molar-refractivity contribution in [3.8, 4) is 0 Å². The summed E-state index contributed by atoms with van der Waals surface area (Å²) >= 11 is 0. The van der Waals surface area contributed by atoms with E-state index in [0.29, 0.717) is 0 Å². The molecule has 0 amide bonds. The molecule has 0 atom stereocenters. The van der Waals surface area contributed by atoms with E-state index in [2.05, 4.69) is 0 Å². The first kappa shape index (κ1) is 33.6. The van der Waals surface area contributed by atoms with Crippen LogP contribution in [0.3, 0.4) is 0 Å². The van der Waals surface area contributed by atoms with E-state index in [9.17, 15) is 0 Å². The number of halogens is 2. The van der Waals surface area contributed by atoms with Gasteiger partial charge in [-0.2, -0.15) is 0 Å². The standard InChI is InChI=1S/Hf.2HI.H2O/h;2*1H;1H2/p-2. The molecule has 0 aromatic carbocycles. The van der Waals surface area contributed by atoms with Crippen LogP contribution >= 0.6 is 0 Å². The fourth-order valence-electron chi connectivity index (χ4n) is 0. The summed E-state index contributed by atoms with van der Waals surface area (Å²) in [6.07, 6.45) is 0. The van der Waals surface area contributed by atoms with Crippen molar-refractivity contribution in [2.75, 3.05) is 0 Å². The molecule has 0 aliphatic heterocycles. The summed E-state index contributed by atoms with van der Waals surface area (Å²) in [5.41, 5.74) is 0. The molecular formula is H2HfI2O-2. The van der Waals surface area contributed by atoms with Crippen LogP contribution in [0.5, 0.6) is 0 Å². The fourth-order valence-corrected chi connectivity index (χ4v) is 0. The molecule has 28 valence electrons. The maximum atomic E-state index is 0. The van der Waals surface area contributed by atoms with Gasteiger partial charge in [-0.3, -0.25) is 0 Å². The summed E-state index contributed by atoms with van der Waals surface area (Å²) < 4.78 is 0. The fraction of sp³-hybridized carbons (Fsp3) is 0. The molecule has 0 spiro atoms. The summed E-state index contributed by atoms with van der Waals surface area (Å²) in [6.45, 7) is 0. The van der Waals surface area contributed by atoms with Crippen molar-refractivity contribution in [3.05, 3.63) is 0 Å². The van der Waals surface area contributed by atoms with Gasteiger partial charge in [0.25, 0.3) is 0 Å². The van der Waals surface area contributed by atoms with E-state index >= 15 is 0 Å². The third-order valence-corrected chi connectivity index (χ3v) is 0. The number of rotatable bonds is 0. The van der Waals surface area contributed by atoms with Crippen LogP contribution in [0, 0.1) is 0 Å². The molecule has 0 aromatic heterocycles. The van der Waals surface area contributed by atoms with Crippen LogP contribution in [-0.2, 0) is 25.8 Å². The Hall–Kier alpha value is 2.29. The van der Waals surface area contributed by atoms with Crippen molar-refractivity contribution in [2.45, 2.75) is 0 Å². The zero-order chi connectivity index (χ0) is 0.